The van der Waals surface area contributed by atoms with Crippen LogP contribution in [0.5, 0.6) is 5.75 Å². The Morgan fingerprint density at radius 3 is 2.82 bits per heavy atom. The number of benzene rings is 1. The van der Waals surface area contributed by atoms with Crippen LogP contribution in [-0.4, -0.2) is 29.7 Å². The average molecular weight is 381 g/mol. The number of nitrogens with zero attached hydrogens (tertiary/aromatic N) is 1. The first-order chi connectivity index (χ1) is 13.5. The van der Waals surface area contributed by atoms with Gasteiger partial charge < -0.3 is 18.5 Å². The van der Waals surface area contributed by atoms with Gasteiger partial charge in [-0.3, -0.25) is 4.79 Å². The van der Waals surface area contributed by atoms with Gasteiger partial charge in [-0.2, -0.15) is 0 Å². The first-order valence-electron chi connectivity index (χ1n) is 9.49. The number of aromatic nitrogens is 1. The second-order valence-electron chi connectivity index (χ2n) is 7.20. The Balaban J connectivity index is 1.47. The molecule has 146 valence electrons. The standard InChI is InChI=1S/C22H23NO5/c1-14-10-19(15(2)23(14)12-18-4-3-9-26-18)20(24)13-27-17-7-5-16-6-8-22(25)28-21(16)11-17/h5-8,10-11,18H,3-4,9,12-13H2,1-2H3/t18-/m0/s1. The number of hydrogen-bond acceptors (Lipinski definition) is 5. The van der Waals surface area contributed by atoms with Crippen molar-refractivity contribution in [3.05, 3.63) is 63.8 Å². The van der Waals surface area contributed by atoms with Crippen molar-refractivity contribution in [1.82, 2.24) is 4.57 Å². The molecule has 1 aromatic carbocycles. The fourth-order valence-electron chi connectivity index (χ4n) is 3.71. The van der Waals surface area contributed by atoms with E-state index in [-0.39, 0.29) is 18.5 Å². The van der Waals surface area contributed by atoms with Gasteiger partial charge in [-0.1, -0.05) is 0 Å². The number of rotatable bonds is 6. The number of fused-ring (bicyclic) bond motifs is 1. The van der Waals surface area contributed by atoms with E-state index in [0.29, 0.717) is 16.9 Å². The van der Waals surface area contributed by atoms with Crippen LogP contribution in [0.4, 0.5) is 0 Å². The molecule has 3 aromatic rings. The first-order valence-corrected chi connectivity index (χ1v) is 9.49. The van der Waals surface area contributed by atoms with E-state index >= 15 is 0 Å². The van der Waals surface area contributed by atoms with Crippen molar-refractivity contribution >= 4 is 16.8 Å². The summed E-state index contributed by atoms with van der Waals surface area (Å²) >= 11 is 0. The molecule has 0 bridgehead atoms. The van der Waals surface area contributed by atoms with Gasteiger partial charge in [0.2, 0.25) is 5.78 Å². The van der Waals surface area contributed by atoms with Gasteiger partial charge in [-0.15, -0.1) is 0 Å². The molecule has 0 amide bonds. The van der Waals surface area contributed by atoms with Crippen LogP contribution in [0.2, 0.25) is 0 Å². The lowest BCUT2D eigenvalue weighted by Gasteiger charge is -2.14. The Bertz CT molecular complexity index is 1070. The van der Waals surface area contributed by atoms with Gasteiger partial charge in [0.05, 0.1) is 6.10 Å². The summed E-state index contributed by atoms with van der Waals surface area (Å²) in [5, 5.41) is 0.802. The predicted octanol–water partition coefficient (Wildman–Crippen LogP) is 3.65. The molecular formula is C22H23NO5. The van der Waals surface area contributed by atoms with Crippen LogP contribution in [0, 0.1) is 13.8 Å². The largest absolute Gasteiger partial charge is 0.485 e. The van der Waals surface area contributed by atoms with E-state index in [2.05, 4.69) is 4.57 Å². The molecule has 6 heteroatoms. The van der Waals surface area contributed by atoms with E-state index in [1.54, 1.807) is 24.3 Å². The van der Waals surface area contributed by atoms with Crippen LogP contribution in [0.1, 0.15) is 34.6 Å². The van der Waals surface area contributed by atoms with Crippen molar-refractivity contribution in [2.75, 3.05) is 13.2 Å². The third-order valence-corrected chi connectivity index (χ3v) is 5.25. The summed E-state index contributed by atoms with van der Waals surface area (Å²) in [7, 11) is 0. The van der Waals surface area contributed by atoms with Gasteiger partial charge in [-0.05, 0) is 51.0 Å². The molecular weight excluding hydrogens is 358 g/mol. The quantitative estimate of drug-likeness (QED) is 0.481. The van der Waals surface area contributed by atoms with Crippen molar-refractivity contribution in [3.63, 3.8) is 0 Å². The summed E-state index contributed by atoms with van der Waals surface area (Å²) in [6.45, 7) is 5.47. The van der Waals surface area contributed by atoms with Gasteiger partial charge >= 0.3 is 5.63 Å². The minimum atomic E-state index is -0.417. The van der Waals surface area contributed by atoms with E-state index in [4.69, 9.17) is 13.9 Å². The molecule has 6 nitrogen and oxygen atoms in total. The fraction of sp³-hybridized carbons (Fsp3) is 0.364. The number of ketones is 1. The lowest BCUT2D eigenvalue weighted by Crippen LogP contribution is -2.18. The highest BCUT2D eigenvalue weighted by Crippen LogP contribution is 2.22. The van der Waals surface area contributed by atoms with Crippen LogP contribution < -0.4 is 10.4 Å². The zero-order valence-corrected chi connectivity index (χ0v) is 16.1. The molecule has 1 aliphatic rings. The van der Waals surface area contributed by atoms with E-state index in [0.717, 1.165) is 42.8 Å². The molecule has 1 fully saturated rings. The lowest BCUT2D eigenvalue weighted by molar-refractivity contribution is 0.0914. The highest BCUT2D eigenvalue weighted by Gasteiger charge is 2.21. The molecule has 0 N–H and O–H groups in total. The molecule has 1 saturated heterocycles. The number of Topliss-reactive ketones (excluding diaryl/α,β-unsaturated/α-hetero) is 1. The SMILES string of the molecule is Cc1cc(C(=O)COc2ccc3ccc(=O)oc3c2)c(C)n1C[C@@H]1CCCO1. The van der Waals surface area contributed by atoms with Gasteiger partial charge in [-0.25, -0.2) is 4.79 Å². The fourth-order valence-corrected chi connectivity index (χ4v) is 3.71. The van der Waals surface area contributed by atoms with Crippen molar-refractivity contribution < 1.29 is 18.7 Å². The predicted molar refractivity (Wildman–Crippen MR) is 105 cm³/mol. The van der Waals surface area contributed by atoms with Crippen LogP contribution in [0.3, 0.4) is 0 Å². The second-order valence-corrected chi connectivity index (χ2v) is 7.20. The summed E-state index contributed by atoms with van der Waals surface area (Å²) in [5.74, 6) is 0.407. The normalized spacial score (nSPS) is 16.6. The molecule has 0 unspecified atom stereocenters. The number of ether oxygens (including phenoxy) is 2. The molecule has 3 heterocycles. The van der Waals surface area contributed by atoms with Crippen molar-refractivity contribution in [1.29, 1.82) is 0 Å². The van der Waals surface area contributed by atoms with Crippen molar-refractivity contribution in [2.45, 2.75) is 39.3 Å². The number of carbonyl (C=O) groups excluding carboxylic acids is 1. The topological polar surface area (TPSA) is 70.7 Å². The Kier molecular flexibility index (Phi) is 5.05. The highest BCUT2D eigenvalue weighted by molar-refractivity contribution is 5.98. The average Bonchev–Trinajstić information content (AvgIpc) is 3.29. The Morgan fingerprint density at radius 2 is 2.04 bits per heavy atom. The Hall–Kier alpha value is -2.86. The summed E-state index contributed by atoms with van der Waals surface area (Å²) in [6.07, 6.45) is 2.37. The molecule has 0 radical (unpaired) electrons. The van der Waals surface area contributed by atoms with E-state index in [9.17, 15) is 9.59 Å². The van der Waals surface area contributed by atoms with Crippen LogP contribution >= 0.6 is 0 Å². The third kappa shape index (κ3) is 3.73. The van der Waals surface area contributed by atoms with Gasteiger partial charge in [0.25, 0.3) is 0 Å². The maximum Gasteiger partial charge on any atom is 0.336 e. The maximum absolute atomic E-state index is 12.7. The van der Waals surface area contributed by atoms with Crippen LogP contribution in [-0.2, 0) is 11.3 Å². The molecule has 28 heavy (non-hydrogen) atoms. The van der Waals surface area contributed by atoms with Crippen LogP contribution in [0.25, 0.3) is 11.0 Å². The molecule has 2 aromatic heterocycles. The van der Waals surface area contributed by atoms with E-state index < -0.39 is 5.63 Å². The molecule has 0 spiro atoms. The van der Waals surface area contributed by atoms with Crippen molar-refractivity contribution in [3.8, 4) is 5.75 Å². The molecule has 1 aliphatic heterocycles. The monoisotopic (exact) mass is 381 g/mol. The summed E-state index contributed by atoms with van der Waals surface area (Å²) in [6, 6.07) is 10.2. The number of hydrogen-bond donors (Lipinski definition) is 0. The smallest absolute Gasteiger partial charge is 0.336 e. The van der Waals surface area contributed by atoms with Crippen LogP contribution in [0.15, 0.2) is 45.6 Å². The van der Waals surface area contributed by atoms with Crippen molar-refractivity contribution in [2.24, 2.45) is 0 Å². The summed E-state index contributed by atoms with van der Waals surface area (Å²) in [4.78, 5) is 24.1. The zero-order chi connectivity index (χ0) is 19.7. The lowest BCUT2D eigenvalue weighted by atomic mass is 10.1. The third-order valence-electron chi connectivity index (χ3n) is 5.25. The number of aryl methyl sites for hydroxylation is 1. The minimum Gasteiger partial charge on any atom is -0.485 e. The van der Waals surface area contributed by atoms with E-state index in [1.165, 1.54) is 6.07 Å². The molecule has 4 rings (SSSR count). The van der Waals surface area contributed by atoms with Gasteiger partial charge in [0.15, 0.2) is 6.61 Å². The zero-order valence-electron chi connectivity index (χ0n) is 16.1. The molecule has 0 aliphatic carbocycles. The maximum atomic E-state index is 12.7. The summed E-state index contributed by atoms with van der Waals surface area (Å²) < 4.78 is 18.7. The van der Waals surface area contributed by atoms with E-state index in [1.807, 2.05) is 19.9 Å². The summed E-state index contributed by atoms with van der Waals surface area (Å²) in [5.41, 5.74) is 2.67. The Labute approximate surface area is 162 Å². The Morgan fingerprint density at radius 1 is 1.21 bits per heavy atom. The first kappa shape index (κ1) is 18.5. The second kappa shape index (κ2) is 7.64. The minimum absolute atomic E-state index is 0.0766. The van der Waals surface area contributed by atoms with Gasteiger partial charge in [0.1, 0.15) is 11.3 Å². The molecule has 0 saturated carbocycles. The number of carbonyl (C=O) groups is 1. The van der Waals surface area contributed by atoms with Gasteiger partial charge in [0, 0.05) is 47.6 Å². The highest BCUT2D eigenvalue weighted by atomic mass is 16.5. The molecule has 1 atom stereocenters.